The predicted molar refractivity (Wildman–Crippen MR) is 133 cm³/mol. The van der Waals surface area contributed by atoms with E-state index in [1.54, 1.807) is 30.5 Å². The molecule has 35 heavy (non-hydrogen) atoms. The van der Waals surface area contributed by atoms with Gasteiger partial charge in [0.05, 0.1) is 11.1 Å². The standard InChI is InChI=1S/C26H30FN5O3/c27-19-9-7-18(8-10-19)25-16-28-26(35-25)30-24-6-2-1-5-23(24)29-20-4-3-15-31(17-20)21-11-13-22(14-12-21)32(33)34/h7-14,16,20,23-24,29H,1-6,15,17H2,(H,28,30)/t20-,23?,24?/m0/s1. The zero-order valence-electron chi connectivity index (χ0n) is 19.5. The first-order valence-corrected chi connectivity index (χ1v) is 12.3. The van der Waals surface area contributed by atoms with Crippen LogP contribution in [0.5, 0.6) is 0 Å². The Balaban J connectivity index is 1.21. The van der Waals surface area contributed by atoms with E-state index in [9.17, 15) is 14.5 Å². The number of benzene rings is 2. The average Bonchev–Trinajstić information content (AvgIpc) is 3.34. The summed E-state index contributed by atoms with van der Waals surface area (Å²) < 4.78 is 19.1. The number of nitrogens with zero attached hydrogens (tertiary/aromatic N) is 3. The summed E-state index contributed by atoms with van der Waals surface area (Å²) in [6, 6.07) is 14.4. The molecule has 1 aliphatic carbocycles. The van der Waals surface area contributed by atoms with Crippen LogP contribution in [-0.2, 0) is 0 Å². The molecule has 2 heterocycles. The molecule has 2 unspecified atom stereocenters. The zero-order chi connectivity index (χ0) is 24.2. The van der Waals surface area contributed by atoms with Crippen molar-refractivity contribution < 1.29 is 13.7 Å². The molecular weight excluding hydrogens is 449 g/mol. The Morgan fingerprint density at radius 3 is 2.49 bits per heavy atom. The van der Waals surface area contributed by atoms with Gasteiger partial charge < -0.3 is 20.0 Å². The van der Waals surface area contributed by atoms with Gasteiger partial charge in [0.2, 0.25) is 0 Å². The number of hydrogen-bond donors (Lipinski definition) is 2. The summed E-state index contributed by atoms with van der Waals surface area (Å²) in [5.41, 5.74) is 1.93. The first kappa shape index (κ1) is 23.3. The quantitative estimate of drug-likeness (QED) is 0.347. The number of nitro benzene ring substituents is 1. The van der Waals surface area contributed by atoms with E-state index in [1.165, 1.54) is 18.6 Å². The largest absolute Gasteiger partial charge is 0.424 e. The van der Waals surface area contributed by atoms with Gasteiger partial charge in [-0.25, -0.2) is 9.37 Å². The van der Waals surface area contributed by atoms with Gasteiger partial charge in [-0.15, -0.1) is 0 Å². The summed E-state index contributed by atoms with van der Waals surface area (Å²) >= 11 is 0. The number of hydrogen-bond acceptors (Lipinski definition) is 7. The van der Waals surface area contributed by atoms with Crippen LogP contribution < -0.4 is 15.5 Å². The number of halogens is 1. The molecule has 2 N–H and O–H groups in total. The highest BCUT2D eigenvalue weighted by Gasteiger charge is 2.30. The molecule has 9 heteroatoms. The van der Waals surface area contributed by atoms with Crippen LogP contribution in [0.15, 0.2) is 59.1 Å². The van der Waals surface area contributed by atoms with Gasteiger partial charge in [-0.05, 0) is 62.1 Å². The Hall–Kier alpha value is -3.46. The smallest absolute Gasteiger partial charge is 0.295 e. The van der Waals surface area contributed by atoms with Crippen LogP contribution in [0.3, 0.4) is 0 Å². The number of aromatic nitrogens is 1. The van der Waals surface area contributed by atoms with E-state index in [-0.39, 0.29) is 22.5 Å². The highest BCUT2D eigenvalue weighted by Crippen LogP contribution is 2.28. The van der Waals surface area contributed by atoms with Crippen LogP contribution in [0.2, 0.25) is 0 Å². The lowest BCUT2D eigenvalue weighted by atomic mass is 9.89. The zero-order valence-corrected chi connectivity index (χ0v) is 19.5. The maximum atomic E-state index is 13.2. The molecule has 1 saturated heterocycles. The first-order chi connectivity index (χ1) is 17.0. The Morgan fingerprint density at radius 2 is 1.74 bits per heavy atom. The number of nitro groups is 1. The molecule has 2 aromatic carbocycles. The number of piperidine rings is 1. The van der Waals surface area contributed by atoms with Crippen molar-refractivity contribution in [1.82, 2.24) is 10.3 Å². The number of oxazole rings is 1. The fourth-order valence-electron chi connectivity index (χ4n) is 5.19. The Kier molecular flexibility index (Phi) is 6.94. The number of nitrogens with one attached hydrogen (secondary N) is 2. The van der Waals surface area contributed by atoms with Crippen LogP contribution in [-0.4, -0.2) is 41.1 Å². The van der Waals surface area contributed by atoms with E-state index in [0.29, 0.717) is 23.9 Å². The van der Waals surface area contributed by atoms with Crippen LogP contribution in [0.1, 0.15) is 38.5 Å². The summed E-state index contributed by atoms with van der Waals surface area (Å²) in [6.45, 7) is 1.82. The maximum absolute atomic E-state index is 13.2. The Labute approximate surface area is 203 Å². The maximum Gasteiger partial charge on any atom is 0.295 e. The lowest BCUT2D eigenvalue weighted by molar-refractivity contribution is -0.384. The minimum atomic E-state index is -0.364. The fourth-order valence-corrected chi connectivity index (χ4v) is 5.19. The minimum absolute atomic E-state index is 0.116. The molecule has 184 valence electrons. The van der Waals surface area contributed by atoms with E-state index < -0.39 is 0 Å². The molecule has 2 aliphatic rings. The molecule has 0 amide bonds. The van der Waals surface area contributed by atoms with Crippen LogP contribution in [0.25, 0.3) is 11.3 Å². The van der Waals surface area contributed by atoms with Crippen molar-refractivity contribution in [1.29, 1.82) is 0 Å². The Morgan fingerprint density at radius 1 is 1.00 bits per heavy atom. The summed E-state index contributed by atoms with van der Waals surface area (Å²) in [6.07, 6.45) is 8.29. The Bertz CT molecular complexity index is 1130. The molecule has 1 aliphatic heterocycles. The van der Waals surface area contributed by atoms with E-state index in [2.05, 4.69) is 20.5 Å². The molecule has 3 aromatic rings. The summed E-state index contributed by atoms with van der Waals surface area (Å²) in [5.74, 6) is 0.330. The van der Waals surface area contributed by atoms with Crippen molar-refractivity contribution in [3.8, 4) is 11.3 Å². The second kappa shape index (κ2) is 10.4. The molecule has 5 rings (SSSR count). The van der Waals surface area contributed by atoms with Gasteiger partial charge >= 0.3 is 0 Å². The molecule has 0 bridgehead atoms. The second-order valence-corrected chi connectivity index (χ2v) is 9.40. The van der Waals surface area contributed by atoms with E-state index in [4.69, 9.17) is 4.42 Å². The normalized spacial score (nSPS) is 22.7. The van der Waals surface area contributed by atoms with Crippen LogP contribution in [0.4, 0.5) is 21.8 Å². The van der Waals surface area contributed by atoms with Gasteiger partial charge in [-0.2, -0.15) is 0 Å². The third kappa shape index (κ3) is 5.62. The molecule has 0 radical (unpaired) electrons. The number of rotatable bonds is 7. The first-order valence-electron chi connectivity index (χ1n) is 12.3. The fraction of sp³-hybridized carbons (Fsp3) is 0.423. The van der Waals surface area contributed by atoms with Crippen molar-refractivity contribution in [3.05, 3.63) is 70.7 Å². The van der Waals surface area contributed by atoms with E-state index in [1.807, 2.05) is 12.1 Å². The summed E-state index contributed by atoms with van der Waals surface area (Å²) in [5, 5.41) is 18.3. The molecule has 2 fully saturated rings. The van der Waals surface area contributed by atoms with E-state index in [0.717, 1.165) is 56.4 Å². The summed E-state index contributed by atoms with van der Waals surface area (Å²) in [7, 11) is 0. The van der Waals surface area contributed by atoms with Crippen LogP contribution in [0, 0.1) is 15.9 Å². The van der Waals surface area contributed by atoms with Gasteiger partial charge in [0.25, 0.3) is 11.7 Å². The lowest BCUT2D eigenvalue weighted by Gasteiger charge is -2.40. The summed E-state index contributed by atoms with van der Waals surface area (Å²) in [4.78, 5) is 17.3. The van der Waals surface area contributed by atoms with Gasteiger partial charge in [-0.1, -0.05) is 12.8 Å². The number of anilines is 2. The highest BCUT2D eigenvalue weighted by molar-refractivity contribution is 5.57. The van der Waals surface area contributed by atoms with E-state index >= 15 is 0 Å². The SMILES string of the molecule is O=[N+]([O-])c1ccc(N2CCC[C@H](NC3CCCCC3Nc3ncc(-c4ccc(F)cc4)o3)C2)cc1. The van der Waals surface area contributed by atoms with Crippen molar-refractivity contribution in [2.24, 2.45) is 0 Å². The topological polar surface area (TPSA) is 96.5 Å². The number of non-ortho nitro benzene ring substituents is 1. The second-order valence-electron chi connectivity index (χ2n) is 9.40. The van der Waals surface area contributed by atoms with Gasteiger partial charge in [0.15, 0.2) is 5.76 Å². The van der Waals surface area contributed by atoms with Gasteiger partial charge in [0, 0.05) is 54.6 Å². The molecule has 1 aromatic heterocycles. The monoisotopic (exact) mass is 479 g/mol. The van der Waals surface area contributed by atoms with Gasteiger partial charge in [0.1, 0.15) is 5.82 Å². The van der Waals surface area contributed by atoms with Crippen molar-refractivity contribution in [2.75, 3.05) is 23.3 Å². The third-order valence-electron chi connectivity index (χ3n) is 7.01. The van der Waals surface area contributed by atoms with Gasteiger partial charge in [-0.3, -0.25) is 10.1 Å². The van der Waals surface area contributed by atoms with Crippen molar-refractivity contribution in [3.63, 3.8) is 0 Å². The molecule has 1 saturated carbocycles. The highest BCUT2D eigenvalue weighted by atomic mass is 19.1. The predicted octanol–water partition coefficient (Wildman–Crippen LogP) is 5.37. The van der Waals surface area contributed by atoms with Crippen molar-refractivity contribution in [2.45, 2.75) is 56.7 Å². The van der Waals surface area contributed by atoms with Crippen LogP contribution >= 0.6 is 0 Å². The molecule has 8 nitrogen and oxygen atoms in total. The minimum Gasteiger partial charge on any atom is -0.424 e. The van der Waals surface area contributed by atoms with Crippen molar-refractivity contribution >= 4 is 17.4 Å². The molecular formula is C26H30FN5O3. The third-order valence-corrected chi connectivity index (χ3v) is 7.01. The molecule has 0 spiro atoms. The molecule has 3 atom stereocenters. The lowest BCUT2D eigenvalue weighted by Crippen LogP contribution is -2.54. The average molecular weight is 480 g/mol.